The second kappa shape index (κ2) is 12.0. The van der Waals surface area contributed by atoms with Gasteiger partial charge in [-0.15, -0.1) is 0 Å². The molecule has 0 saturated heterocycles. The minimum atomic E-state index is -0.155. The van der Waals surface area contributed by atoms with Gasteiger partial charge in [0.15, 0.2) is 33.5 Å². The van der Waals surface area contributed by atoms with E-state index < -0.39 is 0 Å². The predicted octanol–water partition coefficient (Wildman–Crippen LogP) is 13.6. The SMILES string of the molecule is CC(C)(C)c1ccc(N2c3cc(C(C)(C)C)ccc3B3c4c(cc(C(C)(C)C)cc42)-c2cc(C(C)(C)C)cc4oc5cc6oc7ccccc7oc6cc5n3c24)cc1. The van der Waals surface area contributed by atoms with Crippen molar-refractivity contribution in [3.05, 3.63) is 125 Å². The van der Waals surface area contributed by atoms with Crippen LogP contribution in [0.5, 0.6) is 0 Å². The summed E-state index contributed by atoms with van der Waals surface area (Å²) in [5.74, 6) is 0. The molecule has 4 heterocycles. The molecule has 10 rings (SSSR count). The molecule has 292 valence electrons. The predicted molar refractivity (Wildman–Crippen MR) is 244 cm³/mol. The number of rotatable bonds is 1. The van der Waals surface area contributed by atoms with Crippen LogP contribution < -0.4 is 15.8 Å². The van der Waals surface area contributed by atoms with Crippen LogP contribution in [0.2, 0.25) is 0 Å². The maximum atomic E-state index is 7.06. The maximum absolute atomic E-state index is 7.06. The molecule has 0 aliphatic carbocycles. The van der Waals surface area contributed by atoms with E-state index >= 15 is 0 Å². The van der Waals surface area contributed by atoms with E-state index in [0.717, 1.165) is 27.9 Å². The monoisotopic (exact) mass is 764 g/mol. The molecule has 0 fully saturated rings. The van der Waals surface area contributed by atoms with E-state index in [1.165, 1.54) is 55.7 Å². The van der Waals surface area contributed by atoms with Gasteiger partial charge in [-0.1, -0.05) is 126 Å². The zero-order valence-corrected chi connectivity index (χ0v) is 36.0. The third-order valence-corrected chi connectivity index (χ3v) is 12.5. The van der Waals surface area contributed by atoms with Gasteiger partial charge in [-0.25, -0.2) is 0 Å². The molecule has 2 aliphatic rings. The van der Waals surface area contributed by atoms with Gasteiger partial charge < -0.3 is 22.6 Å². The molecule has 6 heteroatoms. The molecule has 8 aromatic rings. The van der Waals surface area contributed by atoms with Crippen LogP contribution in [0.1, 0.15) is 105 Å². The quantitative estimate of drug-likeness (QED) is 0.123. The van der Waals surface area contributed by atoms with Gasteiger partial charge in [0.05, 0.1) is 11.0 Å². The summed E-state index contributed by atoms with van der Waals surface area (Å²) in [6.45, 7) is 27.5. The minimum Gasteiger partial charge on any atom is -0.453 e. The average Bonchev–Trinajstić information content (AvgIpc) is 3.15. The Kier molecular flexibility index (Phi) is 7.58. The Labute approximate surface area is 342 Å². The smallest absolute Gasteiger partial charge is 0.333 e. The second-order valence-corrected chi connectivity index (χ2v) is 20.8. The van der Waals surface area contributed by atoms with Crippen LogP contribution in [0.15, 0.2) is 116 Å². The van der Waals surface area contributed by atoms with Gasteiger partial charge in [0, 0.05) is 34.8 Å². The van der Waals surface area contributed by atoms with Crippen LogP contribution in [-0.2, 0) is 21.7 Å². The summed E-state index contributed by atoms with van der Waals surface area (Å²) < 4.78 is 22.6. The largest absolute Gasteiger partial charge is 0.453 e. The average molecular weight is 765 g/mol. The van der Waals surface area contributed by atoms with Crippen molar-refractivity contribution in [2.75, 3.05) is 4.90 Å². The van der Waals surface area contributed by atoms with Gasteiger partial charge in [-0.3, -0.25) is 0 Å². The maximum Gasteiger partial charge on any atom is 0.333 e. The van der Waals surface area contributed by atoms with Crippen LogP contribution in [0.4, 0.5) is 17.1 Å². The molecule has 0 saturated carbocycles. The first-order valence-corrected chi connectivity index (χ1v) is 20.8. The third kappa shape index (κ3) is 5.58. The van der Waals surface area contributed by atoms with Crippen LogP contribution in [0.25, 0.3) is 55.7 Å². The van der Waals surface area contributed by atoms with E-state index in [9.17, 15) is 0 Å². The van der Waals surface area contributed by atoms with Crippen LogP contribution in [-0.4, -0.2) is 11.3 Å². The normalized spacial score (nSPS) is 14.1. The summed E-state index contributed by atoms with van der Waals surface area (Å²) in [5, 5.41) is 0. The lowest BCUT2D eigenvalue weighted by Crippen LogP contribution is -2.57. The number of para-hydroxylation sites is 2. The molecule has 0 amide bonds. The molecule has 5 nitrogen and oxygen atoms in total. The zero-order valence-electron chi connectivity index (χ0n) is 36.0. The number of hydrogen-bond donors (Lipinski definition) is 0. The van der Waals surface area contributed by atoms with Crippen molar-refractivity contribution in [3.63, 3.8) is 0 Å². The third-order valence-electron chi connectivity index (χ3n) is 12.5. The Morgan fingerprint density at radius 3 is 1.59 bits per heavy atom. The van der Waals surface area contributed by atoms with Crippen LogP contribution >= 0.6 is 0 Å². The summed E-state index contributed by atoms with van der Waals surface area (Å²) in [5.41, 5.74) is 19.8. The number of hydrogen-bond acceptors (Lipinski definition) is 4. The molecule has 58 heavy (non-hydrogen) atoms. The molecule has 2 aromatic heterocycles. The van der Waals surface area contributed by atoms with Crippen LogP contribution in [0, 0.1) is 0 Å². The number of anilines is 3. The summed E-state index contributed by atoms with van der Waals surface area (Å²) in [6.07, 6.45) is 0. The summed E-state index contributed by atoms with van der Waals surface area (Å²) in [7, 11) is 0. The lowest BCUT2D eigenvalue weighted by atomic mass is 9.44. The van der Waals surface area contributed by atoms with E-state index in [2.05, 4.69) is 165 Å². The Morgan fingerprint density at radius 2 is 0.966 bits per heavy atom. The van der Waals surface area contributed by atoms with Crippen molar-refractivity contribution in [2.45, 2.75) is 105 Å². The zero-order chi connectivity index (χ0) is 40.8. The van der Waals surface area contributed by atoms with Crippen LogP contribution in [0.3, 0.4) is 0 Å². The molecule has 2 aliphatic heterocycles. The molecule has 6 aromatic carbocycles. The fraction of sp³-hybridized carbons (Fsp3) is 0.308. The van der Waals surface area contributed by atoms with Gasteiger partial charge in [0.1, 0.15) is 0 Å². The van der Waals surface area contributed by atoms with Crippen molar-refractivity contribution in [2.24, 2.45) is 0 Å². The molecular weight excluding hydrogens is 711 g/mol. The van der Waals surface area contributed by atoms with Crippen molar-refractivity contribution in [1.82, 2.24) is 4.48 Å². The molecule has 0 spiro atoms. The fourth-order valence-corrected chi connectivity index (χ4v) is 9.04. The van der Waals surface area contributed by atoms with Crippen molar-refractivity contribution in [3.8, 4) is 11.1 Å². The Hall–Kier alpha value is -5.62. The van der Waals surface area contributed by atoms with Crippen molar-refractivity contribution in [1.29, 1.82) is 0 Å². The molecule has 0 atom stereocenters. The molecule has 0 N–H and O–H groups in total. The Balaban J connectivity index is 1.39. The fourth-order valence-electron chi connectivity index (χ4n) is 9.04. The second-order valence-electron chi connectivity index (χ2n) is 20.8. The first-order chi connectivity index (χ1) is 27.3. The highest BCUT2D eigenvalue weighted by Gasteiger charge is 2.44. The number of benzene rings is 6. The lowest BCUT2D eigenvalue weighted by molar-refractivity contribution is 0.578. The summed E-state index contributed by atoms with van der Waals surface area (Å²) >= 11 is 0. The number of aromatic nitrogens is 1. The topological polar surface area (TPSA) is 47.6 Å². The Morgan fingerprint density at radius 1 is 0.431 bits per heavy atom. The Bertz CT molecular complexity index is 3050. The van der Waals surface area contributed by atoms with Gasteiger partial charge in [0.2, 0.25) is 0 Å². The van der Waals surface area contributed by atoms with E-state index in [4.69, 9.17) is 13.3 Å². The van der Waals surface area contributed by atoms with E-state index in [1.807, 2.05) is 30.3 Å². The van der Waals surface area contributed by atoms with Gasteiger partial charge in [-0.05, 0) is 109 Å². The highest BCUT2D eigenvalue weighted by Crippen LogP contribution is 2.48. The molecule has 0 bridgehead atoms. The molecule has 0 radical (unpaired) electrons. The van der Waals surface area contributed by atoms with E-state index in [-0.39, 0.29) is 28.5 Å². The first-order valence-electron chi connectivity index (χ1n) is 20.8. The molecule has 0 unspecified atom stereocenters. The van der Waals surface area contributed by atoms with Crippen molar-refractivity contribution < 1.29 is 13.3 Å². The minimum absolute atomic E-state index is 0.0417. The standard InChI is InChI=1S/C52H53BN2O3/c1-49(2,3)30-17-20-34(21-18-30)54-38-25-31(50(4,5)6)19-22-37(38)53-47-35(23-32(26-40(47)54)51(7,8)9)36-24-33(52(10,11)12)27-46-48(36)55(53)39-28-44-45(29-43(39)58-46)57-42-16-14-13-15-41(42)56-44/h13-29H,1-12H3. The summed E-state index contributed by atoms with van der Waals surface area (Å²) in [4.78, 5) is 2.54. The van der Waals surface area contributed by atoms with E-state index in [1.54, 1.807) is 0 Å². The first kappa shape index (κ1) is 36.7. The highest BCUT2D eigenvalue weighted by molar-refractivity contribution is 6.89. The number of fused-ring (bicyclic) bond motifs is 8. The van der Waals surface area contributed by atoms with E-state index in [0.29, 0.717) is 22.3 Å². The van der Waals surface area contributed by atoms with Crippen molar-refractivity contribution >= 4 is 79.4 Å². The highest BCUT2D eigenvalue weighted by atomic mass is 16.4. The number of nitrogens with zero attached hydrogens (tertiary/aromatic N) is 2. The van der Waals surface area contributed by atoms with Gasteiger partial charge >= 0.3 is 6.85 Å². The lowest BCUT2D eigenvalue weighted by Gasteiger charge is -2.43. The summed E-state index contributed by atoms with van der Waals surface area (Å²) in [6, 6.07) is 38.1. The molecular formula is C52H53BN2O3. The van der Waals surface area contributed by atoms with Gasteiger partial charge in [0.25, 0.3) is 0 Å². The van der Waals surface area contributed by atoms with Gasteiger partial charge in [-0.2, -0.15) is 0 Å².